The SMILES string of the molecule is CC(=O)N1CCN(C(=O)c2cc3cc(F)ccc3n2C)C[C@@H]1C(N)=O. The van der Waals surface area contributed by atoms with E-state index in [9.17, 15) is 18.8 Å². The Morgan fingerprint density at radius 3 is 2.56 bits per heavy atom. The molecule has 0 bridgehead atoms. The van der Waals surface area contributed by atoms with Crippen LogP contribution in [-0.2, 0) is 16.6 Å². The average Bonchev–Trinajstić information content (AvgIpc) is 2.89. The van der Waals surface area contributed by atoms with Crippen LogP contribution in [0.4, 0.5) is 4.39 Å². The van der Waals surface area contributed by atoms with Gasteiger partial charge < -0.3 is 20.1 Å². The lowest BCUT2D eigenvalue weighted by molar-refractivity contribution is -0.140. The second-order valence-electron chi connectivity index (χ2n) is 6.17. The van der Waals surface area contributed by atoms with Gasteiger partial charge >= 0.3 is 0 Å². The Kier molecular flexibility index (Phi) is 4.20. The van der Waals surface area contributed by atoms with E-state index in [-0.39, 0.29) is 30.7 Å². The van der Waals surface area contributed by atoms with Crippen molar-refractivity contribution in [3.63, 3.8) is 0 Å². The zero-order valence-electron chi connectivity index (χ0n) is 14.0. The first-order valence-corrected chi connectivity index (χ1v) is 7.90. The van der Waals surface area contributed by atoms with Crippen LogP contribution in [0.3, 0.4) is 0 Å². The molecule has 3 amide bonds. The number of hydrogen-bond donors (Lipinski definition) is 1. The number of nitrogens with two attached hydrogens (primary N) is 1. The molecule has 1 aliphatic rings. The molecule has 0 saturated carbocycles. The maximum Gasteiger partial charge on any atom is 0.270 e. The summed E-state index contributed by atoms with van der Waals surface area (Å²) in [7, 11) is 1.73. The lowest BCUT2D eigenvalue weighted by Crippen LogP contribution is -2.60. The predicted molar refractivity (Wildman–Crippen MR) is 89.1 cm³/mol. The Morgan fingerprint density at radius 1 is 1.20 bits per heavy atom. The van der Waals surface area contributed by atoms with E-state index in [1.165, 1.54) is 28.9 Å². The molecule has 8 heteroatoms. The van der Waals surface area contributed by atoms with Gasteiger partial charge in [0.1, 0.15) is 17.6 Å². The Balaban J connectivity index is 1.90. The largest absolute Gasteiger partial charge is 0.368 e. The van der Waals surface area contributed by atoms with Crippen molar-refractivity contribution in [1.82, 2.24) is 14.4 Å². The summed E-state index contributed by atoms with van der Waals surface area (Å²) in [5.74, 6) is -1.56. The molecule has 132 valence electrons. The highest BCUT2D eigenvalue weighted by molar-refractivity contribution is 5.99. The van der Waals surface area contributed by atoms with Gasteiger partial charge in [0, 0.05) is 38.0 Å². The zero-order chi connectivity index (χ0) is 18.3. The number of rotatable bonds is 2. The zero-order valence-corrected chi connectivity index (χ0v) is 14.0. The molecular weight excluding hydrogens is 327 g/mol. The molecule has 0 spiro atoms. The maximum atomic E-state index is 13.4. The van der Waals surface area contributed by atoms with E-state index in [0.29, 0.717) is 17.6 Å². The molecule has 1 aromatic heterocycles. The Morgan fingerprint density at radius 2 is 1.92 bits per heavy atom. The number of hydrogen-bond acceptors (Lipinski definition) is 3. The minimum atomic E-state index is -0.845. The van der Waals surface area contributed by atoms with Crippen LogP contribution in [0.1, 0.15) is 17.4 Å². The number of aromatic nitrogens is 1. The lowest BCUT2D eigenvalue weighted by Gasteiger charge is -2.39. The van der Waals surface area contributed by atoms with Crippen molar-refractivity contribution in [1.29, 1.82) is 0 Å². The molecule has 0 radical (unpaired) electrons. The highest BCUT2D eigenvalue weighted by atomic mass is 19.1. The van der Waals surface area contributed by atoms with E-state index >= 15 is 0 Å². The Labute approximate surface area is 143 Å². The number of amides is 3. The van der Waals surface area contributed by atoms with Gasteiger partial charge in [-0.3, -0.25) is 14.4 Å². The van der Waals surface area contributed by atoms with E-state index in [1.54, 1.807) is 23.7 Å². The second-order valence-corrected chi connectivity index (χ2v) is 6.17. The van der Waals surface area contributed by atoms with Crippen molar-refractivity contribution < 1.29 is 18.8 Å². The minimum Gasteiger partial charge on any atom is -0.368 e. The topological polar surface area (TPSA) is 88.6 Å². The van der Waals surface area contributed by atoms with E-state index in [4.69, 9.17) is 5.73 Å². The summed E-state index contributed by atoms with van der Waals surface area (Å²) in [6.07, 6.45) is 0. The van der Waals surface area contributed by atoms with Crippen LogP contribution in [0.5, 0.6) is 0 Å². The van der Waals surface area contributed by atoms with Crippen molar-refractivity contribution in [2.24, 2.45) is 12.8 Å². The number of aryl methyl sites for hydroxylation is 1. The summed E-state index contributed by atoms with van der Waals surface area (Å²) in [5, 5.41) is 0.625. The first kappa shape index (κ1) is 16.9. The molecule has 25 heavy (non-hydrogen) atoms. The van der Waals surface area contributed by atoms with Crippen molar-refractivity contribution >= 4 is 28.6 Å². The number of primary amides is 1. The number of carbonyl (C=O) groups excluding carboxylic acids is 3. The molecule has 1 aromatic carbocycles. The van der Waals surface area contributed by atoms with E-state index in [1.807, 2.05) is 0 Å². The third kappa shape index (κ3) is 2.95. The number of nitrogens with zero attached hydrogens (tertiary/aromatic N) is 3. The predicted octanol–water partition coefficient (Wildman–Crippen LogP) is 0.476. The fraction of sp³-hybridized carbons (Fsp3) is 0.353. The molecule has 0 unspecified atom stereocenters. The molecule has 1 atom stereocenters. The summed E-state index contributed by atoms with van der Waals surface area (Å²) < 4.78 is 15.1. The van der Waals surface area contributed by atoms with Gasteiger partial charge in [0.15, 0.2) is 0 Å². The lowest BCUT2D eigenvalue weighted by atomic mass is 10.1. The number of benzene rings is 1. The van der Waals surface area contributed by atoms with Gasteiger partial charge in [-0.05, 0) is 24.3 Å². The van der Waals surface area contributed by atoms with Crippen LogP contribution in [0.2, 0.25) is 0 Å². The summed E-state index contributed by atoms with van der Waals surface area (Å²) in [5.41, 5.74) is 6.51. The molecule has 7 nitrogen and oxygen atoms in total. The van der Waals surface area contributed by atoms with Crippen LogP contribution < -0.4 is 5.73 Å². The van der Waals surface area contributed by atoms with Crippen LogP contribution >= 0.6 is 0 Å². The second kappa shape index (κ2) is 6.19. The molecular formula is C17H19FN4O3. The Hall–Kier alpha value is -2.90. The standard InChI is InChI=1S/C17H19FN4O3/c1-10(23)22-6-5-21(9-15(22)16(19)24)17(25)14-8-11-7-12(18)3-4-13(11)20(14)2/h3-4,7-8,15H,5-6,9H2,1-2H3,(H2,19,24)/t15-/m1/s1. The van der Waals surface area contributed by atoms with E-state index in [2.05, 4.69) is 0 Å². The number of halogens is 1. The van der Waals surface area contributed by atoms with Crippen molar-refractivity contribution in [2.75, 3.05) is 19.6 Å². The highest BCUT2D eigenvalue weighted by Gasteiger charge is 2.35. The molecule has 1 saturated heterocycles. The molecule has 0 aliphatic carbocycles. The van der Waals surface area contributed by atoms with Crippen LogP contribution in [0.15, 0.2) is 24.3 Å². The van der Waals surface area contributed by atoms with Crippen molar-refractivity contribution in [2.45, 2.75) is 13.0 Å². The smallest absolute Gasteiger partial charge is 0.270 e. The molecule has 1 fully saturated rings. The van der Waals surface area contributed by atoms with Crippen LogP contribution in [0, 0.1) is 5.82 Å². The molecule has 3 rings (SSSR count). The average molecular weight is 346 g/mol. The van der Waals surface area contributed by atoms with E-state index in [0.717, 1.165) is 5.52 Å². The fourth-order valence-corrected chi connectivity index (χ4v) is 3.28. The van der Waals surface area contributed by atoms with Crippen molar-refractivity contribution in [3.05, 3.63) is 35.8 Å². The summed E-state index contributed by atoms with van der Waals surface area (Å²) >= 11 is 0. The normalized spacial score (nSPS) is 17.8. The fourth-order valence-electron chi connectivity index (χ4n) is 3.28. The molecule has 2 N–H and O–H groups in total. The summed E-state index contributed by atoms with van der Waals surface area (Å²) in [4.78, 5) is 39.1. The van der Waals surface area contributed by atoms with Gasteiger partial charge in [-0.2, -0.15) is 0 Å². The molecule has 2 heterocycles. The highest BCUT2D eigenvalue weighted by Crippen LogP contribution is 2.22. The quantitative estimate of drug-likeness (QED) is 0.858. The van der Waals surface area contributed by atoms with Crippen LogP contribution in [-0.4, -0.2) is 57.8 Å². The first-order valence-electron chi connectivity index (χ1n) is 7.90. The van der Waals surface area contributed by atoms with Gasteiger partial charge in [0.05, 0.1) is 6.54 Å². The summed E-state index contributed by atoms with van der Waals surface area (Å²) in [6.45, 7) is 1.96. The van der Waals surface area contributed by atoms with E-state index < -0.39 is 11.9 Å². The maximum absolute atomic E-state index is 13.4. The van der Waals surface area contributed by atoms with Gasteiger partial charge in [0.2, 0.25) is 11.8 Å². The monoisotopic (exact) mass is 346 g/mol. The third-order valence-electron chi connectivity index (χ3n) is 4.62. The molecule has 2 aromatic rings. The van der Waals surface area contributed by atoms with Crippen LogP contribution in [0.25, 0.3) is 10.9 Å². The number of fused-ring (bicyclic) bond motifs is 1. The number of piperazine rings is 1. The Bertz CT molecular complexity index is 876. The minimum absolute atomic E-state index is 0.0453. The van der Waals surface area contributed by atoms with Gasteiger partial charge in [-0.1, -0.05) is 0 Å². The van der Waals surface area contributed by atoms with Gasteiger partial charge in [-0.25, -0.2) is 4.39 Å². The third-order valence-corrected chi connectivity index (χ3v) is 4.62. The van der Waals surface area contributed by atoms with Gasteiger partial charge in [0.25, 0.3) is 5.91 Å². The summed E-state index contributed by atoms with van der Waals surface area (Å²) in [6, 6.07) is 5.10. The molecule has 1 aliphatic heterocycles. The first-order chi connectivity index (χ1) is 11.8. The number of carbonyl (C=O) groups is 3. The van der Waals surface area contributed by atoms with Crippen molar-refractivity contribution in [3.8, 4) is 0 Å². The van der Waals surface area contributed by atoms with Gasteiger partial charge in [-0.15, -0.1) is 0 Å².